The number of aryl methyl sites for hydroxylation is 1. The average Bonchev–Trinajstić information content (AvgIpc) is 2.61. The molecule has 0 aromatic heterocycles. The highest BCUT2D eigenvalue weighted by molar-refractivity contribution is 5.76. The van der Waals surface area contributed by atoms with Crippen LogP contribution < -0.4 is 5.32 Å². The first-order valence-corrected chi connectivity index (χ1v) is 8.35. The van der Waals surface area contributed by atoms with Crippen LogP contribution in [-0.2, 0) is 22.6 Å². The van der Waals surface area contributed by atoms with Crippen LogP contribution in [0.1, 0.15) is 24.5 Å². The van der Waals surface area contributed by atoms with E-state index in [1.54, 1.807) is 17.0 Å². The van der Waals surface area contributed by atoms with E-state index in [4.69, 9.17) is 0 Å². The van der Waals surface area contributed by atoms with Crippen molar-refractivity contribution in [3.63, 3.8) is 0 Å². The zero-order valence-electron chi connectivity index (χ0n) is 14.4. The van der Waals surface area contributed by atoms with E-state index in [2.05, 4.69) is 5.32 Å². The number of nitrogens with zero attached hydrogens (tertiary/aromatic N) is 1. The summed E-state index contributed by atoms with van der Waals surface area (Å²) in [5.74, 6) is -0.416. The lowest BCUT2D eigenvalue weighted by atomic mass is 10.1. The van der Waals surface area contributed by atoms with Crippen LogP contribution in [0.4, 0.5) is 4.39 Å². The van der Waals surface area contributed by atoms with Crippen LogP contribution in [0.3, 0.4) is 0 Å². The van der Waals surface area contributed by atoms with Gasteiger partial charge in [-0.25, -0.2) is 4.39 Å². The van der Waals surface area contributed by atoms with Crippen molar-refractivity contribution in [2.75, 3.05) is 13.1 Å². The topological polar surface area (TPSA) is 49.4 Å². The molecule has 0 saturated carbocycles. The third-order valence-electron chi connectivity index (χ3n) is 3.92. The Labute approximate surface area is 147 Å². The SMILES string of the molecule is CC(=O)N(CCNC(=O)CCc1ccccc1)Cc1ccc(F)cc1. The number of amides is 2. The molecule has 0 bridgehead atoms. The predicted octanol–water partition coefficient (Wildman–Crippen LogP) is 2.92. The van der Waals surface area contributed by atoms with E-state index in [-0.39, 0.29) is 17.6 Å². The van der Waals surface area contributed by atoms with Gasteiger partial charge in [-0.2, -0.15) is 0 Å². The molecule has 0 radical (unpaired) electrons. The first kappa shape index (κ1) is 18.6. The average molecular weight is 342 g/mol. The summed E-state index contributed by atoms with van der Waals surface area (Å²) < 4.78 is 12.9. The summed E-state index contributed by atoms with van der Waals surface area (Å²) in [4.78, 5) is 25.3. The number of nitrogens with one attached hydrogen (secondary N) is 1. The molecule has 4 nitrogen and oxygen atoms in total. The second kappa shape index (κ2) is 9.57. The fraction of sp³-hybridized carbons (Fsp3) is 0.300. The molecule has 132 valence electrons. The van der Waals surface area contributed by atoms with Gasteiger partial charge < -0.3 is 10.2 Å². The quantitative estimate of drug-likeness (QED) is 0.802. The van der Waals surface area contributed by atoms with E-state index in [9.17, 15) is 14.0 Å². The van der Waals surface area contributed by atoms with Gasteiger partial charge in [0, 0.05) is 33.0 Å². The van der Waals surface area contributed by atoms with Gasteiger partial charge in [0.25, 0.3) is 0 Å². The zero-order valence-corrected chi connectivity index (χ0v) is 14.4. The summed E-state index contributed by atoms with van der Waals surface area (Å²) in [6, 6.07) is 15.9. The van der Waals surface area contributed by atoms with E-state index in [0.717, 1.165) is 11.1 Å². The van der Waals surface area contributed by atoms with Crippen molar-refractivity contribution in [3.8, 4) is 0 Å². The Balaban J connectivity index is 1.74. The van der Waals surface area contributed by atoms with Crippen molar-refractivity contribution in [3.05, 3.63) is 71.5 Å². The summed E-state index contributed by atoms with van der Waals surface area (Å²) >= 11 is 0. The number of benzene rings is 2. The van der Waals surface area contributed by atoms with E-state index in [1.165, 1.54) is 19.1 Å². The highest BCUT2D eigenvalue weighted by Gasteiger charge is 2.10. The minimum absolute atomic E-state index is 0.0332. The lowest BCUT2D eigenvalue weighted by molar-refractivity contribution is -0.130. The molecular weight excluding hydrogens is 319 g/mol. The standard InChI is InChI=1S/C20H23FN2O2/c1-16(24)23(15-18-7-10-19(21)11-8-18)14-13-22-20(25)12-9-17-5-3-2-4-6-17/h2-8,10-11H,9,12-15H2,1H3,(H,22,25). The van der Waals surface area contributed by atoms with Crippen molar-refractivity contribution in [2.45, 2.75) is 26.3 Å². The molecule has 5 heteroatoms. The molecule has 2 aromatic rings. The molecule has 0 spiro atoms. The highest BCUT2D eigenvalue weighted by Crippen LogP contribution is 2.07. The lowest BCUT2D eigenvalue weighted by Crippen LogP contribution is -2.37. The van der Waals surface area contributed by atoms with Gasteiger partial charge in [-0.05, 0) is 29.7 Å². The van der Waals surface area contributed by atoms with Crippen molar-refractivity contribution in [1.82, 2.24) is 10.2 Å². The minimum Gasteiger partial charge on any atom is -0.354 e. The van der Waals surface area contributed by atoms with Gasteiger partial charge in [0.1, 0.15) is 5.82 Å². The monoisotopic (exact) mass is 342 g/mol. The number of rotatable bonds is 8. The maximum Gasteiger partial charge on any atom is 0.220 e. The molecule has 2 amide bonds. The van der Waals surface area contributed by atoms with Crippen molar-refractivity contribution < 1.29 is 14.0 Å². The highest BCUT2D eigenvalue weighted by atomic mass is 19.1. The largest absolute Gasteiger partial charge is 0.354 e. The molecule has 0 unspecified atom stereocenters. The van der Waals surface area contributed by atoms with E-state index >= 15 is 0 Å². The number of carbonyl (C=O) groups is 2. The Morgan fingerprint density at radius 1 is 1.00 bits per heavy atom. The molecule has 0 atom stereocenters. The minimum atomic E-state index is -0.302. The Morgan fingerprint density at radius 3 is 2.32 bits per heavy atom. The summed E-state index contributed by atoms with van der Waals surface area (Å²) in [6.45, 7) is 2.70. The summed E-state index contributed by atoms with van der Waals surface area (Å²) in [5.41, 5.74) is 1.98. The number of hydrogen-bond acceptors (Lipinski definition) is 2. The summed E-state index contributed by atoms with van der Waals surface area (Å²) in [6.07, 6.45) is 1.11. The fourth-order valence-electron chi connectivity index (χ4n) is 2.48. The molecule has 0 aliphatic heterocycles. The smallest absolute Gasteiger partial charge is 0.220 e. The predicted molar refractivity (Wildman–Crippen MR) is 95.3 cm³/mol. The van der Waals surface area contributed by atoms with Gasteiger partial charge in [0.2, 0.25) is 11.8 Å². The fourth-order valence-corrected chi connectivity index (χ4v) is 2.48. The first-order valence-electron chi connectivity index (χ1n) is 8.35. The molecule has 0 fully saturated rings. The number of halogens is 1. The Hall–Kier alpha value is -2.69. The molecule has 2 aromatic carbocycles. The van der Waals surface area contributed by atoms with Gasteiger partial charge in [-0.15, -0.1) is 0 Å². The van der Waals surface area contributed by atoms with Crippen molar-refractivity contribution in [1.29, 1.82) is 0 Å². The molecular formula is C20H23FN2O2. The van der Waals surface area contributed by atoms with Gasteiger partial charge in [0.15, 0.2) is 0 Å². The van der Waals surface area contributed by atoms with Crippen LogP contribution in [0.2, 0.25) is 0 Å². The van der Waals surface area contributed by atoms with Crippen LogP contribution >= 0.6 is 0 Å². The molecule has 1 N–H and O–H groups in total. The van der Waals surface area contributed by atoms with Gasteiger partial charge >= 0.3 is 0 Å². The van der Waals surface area contributed by atoms with Gasteiger partial charge in [-0.3, -0.25) is 9.59 Å². The Morgan fingerprint density at radius 2 is 1.68 bits per heavy atom. The number of hydrogen-bond donors (Lipinski definition) is 1. The maximum absolute atomic E-state index is 12.9. The van der Waals surface area contributed by atoms with Gasteiger partial charge in [-0.1, -0.05) is 42.5 Å². The molecule has 0 heterocycles. The van der Waals surface area contributed by atoms with Crippen LogP contribution in [0, 0.1) is 5.82 Å². The Kier molecular flexibility index (Phi) is 7.14. The van der Waals surface area contributed by atoms with Gasteiger partial charge in [0.05, 0.1) is 0 Å². The summed E-state index contributed by atoms with van der Waals surface area (Å²) in [7, 11) is 0. The first-order chi connectivity index (χ1) is 12.0. The second-order valence-corrected chi connectivity index (χ2v) is 5.90. The van der Waals surface area contributed by atoms with E-state index in [1.807, 2.05) is 30.3 Å². The summed E-state index contributed by atoms with van der Waals surface area (Å²) in [5, 5.41) is 2.84. The third kappa shape index (κ3) is 6.75. The number of carbonyl (C=O) groups excluding carboxylic acids is 2. The zero-order chi connectivity index (χ0) is 18.1. The third-order valence-corrected chi connectivity index (χ3v) is 3.92. The van der Waals surface area contributed by atoms with Crippen LogP contribution in [0.5, 0.6) is 0 Å². The molecule has 0 saturated heterocycles. The second-order valence-electron chi connectivity index (χ2n) is 5.90. The molecule has 0 aliphatic rings. The van der Waals surface area contributed by atoms with E-state index < -0.39 is 0 Å². The maximum atomic E-state index is 12.9. The molecule has 2 rings (SSSR count). The van der Waals surface area contributed by atoms with Crippen LogP contribution in [-0.4, -0.2) is 29.8 Å². The molecule has 25 heavy (non-hydrogen) atoms. The Bertz CT molecular complexity index is 687. The normalized spacial score (nSPS) is 10.3. The van der Waals surface area contributed by atoms with Crippen molar-refractivity contribution in [2.24, 2.45) is 0 Å². The van der Waals surface area contributed by atoms with Crippen LogP contribution in [0.15, 0.2) is 54.6 Å². The lowest BCUT2D eigenvalue weighted by Gasteiger charge is -2.21. The van der Waals surface area contributed by atoms with Crippen LogP contribution in [0.25, 0.3) is 0 Å². The van der Waals surface area contributed by atoms with Crippen molar-refractivity contribution >= 4 is 11.8 Å². The van der Waals surface area contributed by atoms with E-state index in [0.29, 0.717) is 32.5 Å². The molecule has 0 aliphatic carbocycles.